The summed E-state index contributed by atoms with van der Waals surface area (Å²) in [4.78, 5) is 15.0. The van der Waals surface area contributed by atoms with E-state index in [2.05, 4.69) is 33.7 Å². The van der Waals surface area contributed by atoms with Crippen LogP contribution in [0.2, 0.25) is 0 Å². The molecule has 3 atom stereocenters. The van der Waals surface area contributed by atoms with E-state index in [-0.39, 0.29) is 11.9 Å². The summed E-state index contributed by atoms with van der Waals surface area (Å²) < 4.78 is 5.91. The number of hydrogen-bond donors (Lipinski definition) is 2. The van der Waals surface area contributed by atoms with Crippen molar-refractivity contribution in [3.05, 3.63) is 42.2 Å². The van der Waals surface area contributed by atoms with E-state index in [9.17, 15) is 4.79 Å². The van der Waals surface area contributed by atoms with Crippen molar-refractivity contribution in [2.24, 2.45) is 0 Å². The average Bonchev–Trinajstić information content (AvgIpc) is 3.46. The number of furan rings is 1. The predicted molar refractivity (Wildman–Crippen MR) is 106 cm³/mol. The maximum atomic E-state index is 12.6. The molecule has 142 valence electrons. The summed E-state index contributed by atoms with van der Waals surface area (Å²) in [5.74, 6) is 1.05. The largest absolute Gasteiger partial charge is 0.451 e. The predicted octanol–water partition coefficient (Wildman–Crippen LogP) is 3.56. The zero-order valence-corrected chi connectivity index (χ0v) is 15.6. The fourth-order valence-electron chi connectivity index (χ4n) is 4.85. The molecule has 2 bridgehead atoms. The number of rotatable bonds is 4. The van der Waals surface area contributed by atoms with Gasteiger partial charge in [-0.25, -0.2) is 0 Å². The molecule has 5 rings (SSSR count). The van der Waals surface area contributed by atoms with Crippen LogP contribution in [0.25, 0.3) is 11.3 Å². The van der Waals surface area contributed by atoms with Gasteiger partial charge in [0.15, 0.2) is 5.76 Å². The summed E-state index contributed by atoms with van der Waals surface area (Å²) >= 11 is 0. The van der Waals surface area contributed by atoms with E-state index >= 15 is 0 Å². The number of fused-ring (bicyclic) bond motifs is 2. The molecule has 0 spiro atoms. The summed E-state index contributed by atoms with van der Waals surface area (Å²) in [6, 6.07) is 13.4. The number of carbonyl (C=O) groups excluding carboxylic acids is 1. The van der Waals surface area contributed by atoms with Crippen molar-refractivity contribution in [1.29, 1.82) is 0 Å². The van der Waals surface area contributed by atoms with Gasteiger partial charge in [0.25, 0.3) is 5.91 Å². The minimum absolute atomic E-state index is 0.104. The zero-order valence-electron chi connectivity index (χ0n) is 15.6. The van der Waals surface area contributed by atoms with Gasteiger partial charge < -0.3 is 20.0 Å². The van der Waals surface area contributed by atoms with Gasteiger partial charge in [-0.15, -0.1) is 0 Å². The van der Waals surface area contributed by atoms with Gasteiger partial charge in [0.1, 0.15) is 5.76 Å². The first-order valence-electron chi connectivity index (χ1n) is 10.3. The van der Waals surface area contributed by atoms with E-state index in [1.165, 1.54) is 31.4 Å². The van der Waals surface area contributed by atoms with E-state index in [1.54, 1.807) is 6.07 Å². The lowest BCUT2D eigenvalue weighted by Gasteiger charge is -2.29. The van der Waals surface area contributed by atoms with Gasteiger partial charge in [-0.05, 0) is 62.8 Å². The number of amides is 1. The average molecular weight is 365 g/mol. The first-order chi connectivity index (χ1) is 13.3. The van der Waals surface area contributed by atoms with Gasteiger partial charge >= 0.3 is 0 Å². The lowest BCUT2D eigenvalue weighted by atomic mass is 9.95. The Morgan fingerprint density at radius 3 is 2.78 bits per heavy atom. The minimum atomic E-state index is -0.104. The Morgan fingerprint density at radius 1 is 1.11 bits per heavy atom. The first kappa shape index (κ1) is 16.9. The van der Waals surface area contributed by atoms with Crippen molar-refractivity contribution in [2.45, 2.75) is 56.7 Å². The monoisotopic (exact) mass is 365 g/mol. The summed E-state index contributed by atoms with van der Waals surface area (Å²) in [5.41, 5.74) is 2.27. The van der Waals surface area contributed by atoms with Crippen LogP contribution in [0.3, 0.4) is 0 Å². The molecule has 1 amide bonds. The molecule has 5 nitrogen and oxygen atoms in total. The Bertz CT molecular complexity index is 824. The number of nitrogens with one attached hydrogen (secondary N) is 2. The standard InChI is InChI=1S/C22H27N3O2/c26-22(24-19-14-16-7-8-18(19)23-16)21-10-9-20(27-21)15-5-4-6-17(13-15)25-11-2-1-3-12-25/h4-6,9-10,13,16,18-19,23H,1-3,7-8,11-12,14H2,(H,24,26). The number of piperidine rings is 1. The lowest BCUT2D eigenvalue weighted by Crippen LogP contribution is -2.42. The summed E-state index contributed by atoms with van der Waals surface area (Å²) in [5, 5.41) is 6.70. The Labute approximate surface area is 160 Å². The summed E-state index contributed by atoms with van der Waals surface area (Å²) in [6.07, 6.45) is 7.25. The fraction of sp³-hybridized carbons (Fsp3) is 0.500. The Kier molecular flexibility index (Phi) is 4.40. The number of nitrogens with zero attached hydrogens (tertiary/aromatic N) is 1. The zero-order chi connectivity index (χ0) is 18.2. The number of anilines is 1. The molecule has 2 N–H and O–H groups in total. The van der Waals surface area contributed by atoms with Crippen LogP contribution >= 0.6 is 0 Å². The highest BCUT2D eigenvalue weighted by Gasteiger charge is 2.39. The third-order valence-corrected chi connectivity index (χ3v) is 6.30. The third kappa shape index (κ3) is 3.36. The molecular weight excluding hydrogens is 338 g/mol. The van der Waals surface area contributed by atoms with Crippen LogP contribution in [0, 0.1) is 0 Å². The highest BCUT2D eigenvalue weighted by molar-refractivity contribution is 5.92. The van der Waals surface area contributed by atoms with E-state index in [0.29, 0.717) is 17.8 Å². The second-order valence-corrected chi connectivity index (χ2v) is 8.13. The van der Waals surface area contributed by atoms with Gasteiger partial charge in [0.05, 0.1) is 0 Å². The van der Waals surface area contributed by atoms with Crippen molar-refractivity contribution >= 4 is 11.6 Å². The summed E-state index contributed by atoms with van der Waals surface area (Å²) in [6.45, 7) is 2.24. The molecule has 0 radical (unpaired) electrons. The number of carbonyl (C=O) groups is 1. The highest BCUT2D eigenvalue weighted by atomic mass is 16.3. The van der Waals surface area contributed by atoms with Gasteiger partial charge in [0.2, 0.25) is 0 Å². The molecule has 3 fully saturated rings. The van der Waals surface area contributed by atoms with Crippen LogP contribution in [-0.4, -0.2) is 37.1 Å². The lowest BCUT2D eigenvalue weighted by molar-refractivity contribution is 0.0903. The molecule has 3 aliphatic heterocycles. The van der Waals surface area contributed by atoms with Crippen molar-refractivity contribution in [1.82, 2.24) is 10.6 Å². The maximum Gasteiger partial charge on any atom is 0.287 e. The van der Waals surface area contributed by atoms with Gasteiger partial charge in [-0.3, -0.25) is 4.79 Å². The Hall–Kier alpha value is -2.27. The van der Waals surface area contributed by atoms with Crippen LogP contribution in [0.15, 0.2) is 40.8 Å². The van der Waals surface area contributed by atoms with E-state index in [0.717, 1.165) is 37.3 Å². The van der Waals surface area contributed by atoms with Crippen LogP contribution in [-0.2, 0) is 0 Å². The number of hydrogen-bond acceptors (Lipinski definition) is 4. The molecule has 3 unspecified atom stereocenters. The smallest absolute Gasteiger partial charge is 0.287 e. The van der Waals surface area contributed by atoms with E-state index in [4.69, 9.17) is 4.42 Å². The summed E-state index contributed by atoms with van der Waals surface area (Å²) in [7, 11) is 0. The molecule has 2 aromatic rings. The van der Waals surface area contributed by atoms with Crippen molar-refractivity contribution in [3.63, 3.8) is 0 Å². The van der Waals surface area contributed by atoms with Crippen molar-refractivity contribution in [2.75, 3.05) is 18.0 Å². The Balaban J connectivity index is 1.29. The Morgan fingerprint density at radius 2 is 2.00 bits per heavy atom. The molecule has 4 heterocycles. The quantitative estimate of drug-likeness (QED) is 0.870. The highest BCUT2D eigenvalue weighted by Crippen LogP contribution is 2.30. The van der Waals surface area contributed by atoms with Gasteiger partial charge in [-0.2, -0.15) is 0 Å². The van der Waals surface area contributed by atoms with Crippen molar-refractivity contribution < 1.29 is 9.21 Å². The molecule has 1 aromatic carbocycles. The number of benzene rings is 1. The second kappa shape index (κ2) is 7.04. The molecular formula is C22H27N3O2. The van der Waals surface area contributed by atoms with Gasteiger partial charge in [0, 0.05) is 42.5 Å². The molecule has 3 aliphatic rings. The molecule has 27 heavy (non-hydrogen) atoms. The van der Waals surface area contributed by atoms with E-state index in [1.807, 2.05) is 12.1 Å². The fourth-order valence-corrected chi connectivity index (χ4v) is 4.85. The van der Waals surface area contributed by atoms with Crippen LogP contribution < -0.4 is 15.5 Å². The van der Waals surface area contributed by atoms with Crippen molar-refractivity contribution in [3.8, 4) is 11.3 Å². The minimum Gasteiger partial charge on any atom is -0.451 e. The molecule has 1 aromatic heterocycles. The topological polar surface area (TPSA) is 57.5 Å². The van der Waals surface area contributed by atoms with E-state index < -0.39 is 0 Å². The van der Waals surface area contributed by atoms with Crippen LogP contribution in [0.4, 0.5) is 5.69 Å². The normalized spacial score (nSPS) is 27.1. The van der Waals surface area contributed by atoms with Gasteiger partial charge in [-0.1, -0.05) is 12.1 Å². The van der Waals surface area contributed by atoms with Crippen LogP contribution in [0.5, 0.6) is 0 Å². The molecule has 5 heteroatoms. The van der Waals surface area contributed by atoms with Crippen LogP contribution in [0.1, 0.15) is 49.1 Å². The molecule has 3 saturated heterocycles. The SMILES string of the molecule is O=C(NC1CC2CCC1N2)c1ccc(-c2cccc(N3CCCCC3)c2)o1. The first-order valence-corrected chi connectivity index (χ1v) is 10.3. The molecule has 0 saturated carbocycles. The molecule has 0 aliphatic carbocycles. The third-order valence-electron chi connectivity index (χ3n) is 6.30. The second-order valence-electron chi connectivity index (χ2n) is 8.13. The maximum absolute atomic E-state index is 12.6.